The minimum absolute atomic E-state index is 0.211. The van der Waals surface area contributed by atoms with Crippen LogP contribution in [0, 0.1) is 6.92 Å². The smallest absolute Gasteiger partial charge is 0.255 e. The van der Waals surface area contributed by atoms with E-state index in [2.05, 4.69) is 15.3 Å². The Hall–Kier alpha value is -2.77. The van der Waals surface area contributed by atoms with E-state index >= 15 is 0 Å². The molecule has 0 bridgehead atoms. The number of nitrogens with zero attached hydrogens (tertiary/aromatic N) is 1. The molecule has 0 spiro atoms. The van der Waals surface area contributed by atoms with Gasteiger partial charge in [0, 0.05) is 22.7 Å². The van der Waals surface area contributed by atoms with Gasteiger partial charge in [0.2, 0.25) is 5.91 Å². The van der Waals surface area contributed by atoms with Crippen LogP contribution in [0.4, 0.5) is 5.69 Å². The SMILES string of the molecule is COc1ccccc1NC(=O)C(C)Sc1nc(C)c(Cc2ccc(Cl)cc2)c(=O)[nH]1. The molecular weight excluding hydrogens is 422 g/mol. The van der Waals surface area contributed by atoms with Gasteiger partial charge in [-0.05, 0) is 43.7 Å². The average Bonchev–Trinajstić information content (AvgIpc) is 2.72. The molecule has 6 nitrogen and oxygen atoms in total. The van der Waals surface area contributed by atoms with Crippen molar-refractivity contribution >= 4 is 35.0 Å². The lowest BCUT2D eigenvalue weighted by Crippen LogP contribution is -2.24. The molecule has 1 heterocycles. The van der Waals surface area contributed by atoms with E-state index in [0.717, 1.165) is 5.56 Å². The first-order valence-corrected chi connectivity index (χ1v) is 10.6. The number of carbonyl (C=O) groups excluding carboxylic acids is 1. The minimum atomic E-state index is -0.473. The molecule has 156 valence electrons. The number of methoxy groups -OCH3 is 1. The maximum atomic E-state index is 12.6. The summed E-state index contributed by atoms with van der Waals surface area (Å²) in [7, 11) is 1.55. The maximum Gasteiger partial charge on any atom is 0.255 e. The molecule has 0 fully saturated rings. The number of aryl methyl sites for hydroxylation is 1. The van der Waals surface area contributed by atoms with Crippen molar-refractivity contribution in [3.8, 4) is 5.75 Å². The molecule has 0 saturated carbocycles. The Morgan fingerprint density at radius 2 is 1.93 bits per heavy atom. The highest BCUT2D eigenvalue weighted by atomic mass is 35.5. The van der Waals surface area contributed by atoms with Crippen LogP contribution in [0.2, 0.25) is 5.02 Å². The van der Waals surface area contributed by atoms with Crippen LogP contribution < -0.4 is 15.6 Å². The van der Waals surface area contributed by atoms with Gasteiger partial charge >= 0.3 is 0 Å². The van der Waals surface area contributed by atoms with Crippen LogP contribution in [0.15, 0.2) is 58.5 Å². The molecule has 1 amide bonds. The third-order valence-corrected chi connectivity index (χ3v) is 5.75. The van der Waals surface area contributed by atoms with E-state index in [9.17, 15) is 9.59 Å². The molecule has 1 unspecified atom stereocenters. The summed E-state index contributed by atoms with van der Waals surface area (Å²) in [5.74, 6) is 0.368. The fourth-order valence-electron chi connectivity index (χ4n) is 2.86. The van der Waals surface area contributed by atoms with Crippen molar-refractivity contribution in [2.24, 2.45) is 0 Å². The molecule has 3 rings (SSSR count). The number of nitrogens with one attached hydrogen (secondary N) is 2. The Labute approximate surface area is 184 Å². The van der Waals surface area contributed by atoms with Crippen molar-refractivity contribution in [1.29, 1.82) is 0 Å². The third-order valence-electron chi connectivity index (χ3n) is 4.52. The van der Waals surface area contributed by atoms with E-state index in [-0.39, 0.29) is 11.5 Å². The summed E-state index contributed by atoms with van der Waals surface area (Å²) in [4.78, 5) is 32.5. The van der Waals surface area contributed by atoms with Crippen molar-refractivity contribution in [1.82, 2.24) is 9.97 Å². The normalized spacial score (nSPS) is 11.7. The second-order valence-corrected chi connectivity index (χ2v) is 8.45. The first kappa shape index (κ1) is 21.9. The van der Waals surface area contributed by atoms with E-state index < -0.39 is 5.25 Å². The molecule has 0 radical (unpaired) electrons. The van der Waals surface area contributed by atoms with Gasteiger partial charge in [-0.25, -0.2) is 4.98 Å². The van der Waals surface area contributed by atoms with E-state index in [0.29, 0.717) is 39.3 Å². The van der Waals surface area contributed by atoms with Gasteiger partial charge in [-0.3, -0.25) is 9.59 Å². The van der Waals surface area contributed by atoms with Gasteiger partial charge in [0.1, 0.15) is 5.75 Å². The van der Waals surface area contributed by atoms with Crippen molar-refractivity contribution in [2.45, 2.75) is 30.7 Å². The fourth-order valence-corrected chi connectivity index (χ4v) is 3.83. The van der Waals surface area contributed by atoms with E-state index in [4.69, 9.17) is 16.3 Å². The standard InChI is InChI=1S/C22H22ClN3O3S/c1-13-17(12-15-8-10-16(23)11-9-15)21(28)26-22(24-13)30-14(2)20(27)25-18-6-4-5-7-19(18)29-3/h4-11,14H,12H2,1-3H3,(H,25,27)(H,24,26,28). The zero-order valence-corrected chi connectivity index (χ0v) is 18.4. The van der Waals surface area contributed by atoms with Crippen molar-refractivity contribution < 1.29 is 9.53 Å². The molecule has 30 heavy (non-hydrogen) atoms. The van der Waals surface area contributed by atoms with Crippen molar-refractivity contribution in [3.63, 3.8) is 0 Å². The van der Waals surface area contributed by atoms with Gasteiger partial charge < -0.3 is 15.0 Å². The largest absolute Gasteiger partial charge is 0.495 e. The number of halogens is 1. The predicted octanol–water partition coefficient (Wildman–Crippen LogP) is 4.45. The van der Waals surface area contributed by atoms with E-state index in [1.54, 1.807) is 45.2 Å². The lowest BCUT2D eigenvalue weighted by atomic mass is 10.1. The second-order valence-electron chi connectivity index (χ2n) is 6.69. The highest BCUT2D eigenvalue weighted by molar-refractivity contribution is 8.00. The van der Waals surface area contributed by atoms with Crippen LogP contribution in [0.5, 0.6) is 5.75 Å². The summed E-state index contributed by atoms with van der Waals surface area (Å²) in [5, 5.41) is 3.42. The van der Waals surface area contributed by atoms with Gasteiger partial charge in [0.15, 0.2) is 5.16 Å². The van der Waals surface area contributed by atoms with E-state index in [1.165, 1.54) is 11.8 Å². The number of hydrogen-bond donors (Lipinski definition) is 2. The number of amides is 1. The number of carbonyl (C=O) groups is 1. The van der Waals surface area contributed by atoms with Crippen LogP contribution >= 0.6 is 23.4 Å². The number of aromatic amines is 1. The van der Waals surface area contributed by atoms with Crippen molar-refractivity contribution in [2.75, 3.05) is 12.4 Å². The molecule has 0 aliphatic carbocycles. The molecular formula is C22H22ClN3O3S. The number of benzene rings is 2. The molecule has 2 aromatic carbocycles. The zero-order chi connectivity index (χ0) is 21.7. The Morgan fingerprint density at radius 1 is 1.23 bits per heavy atom. The van der Waals surface area contributed by atoms with Gasteiger partial charge in [-0.2, -0.15) is 0 Å². The molecule has 2 N–H and O–H groups in total. The summed E-state index contributed by atoms with van der Waals surface area (Å²) < 4.78 is 5.26. The van der Waals surface area contributed by atoms with E-state index in [1.807, 2.05) is 24.3 Å². The molecule has 1 aromatic heterocycles. The quantitative estimate of drug-likeness (QED) is 0.416. The first-order valence-electron chi connectivity index (χ1n) is 9.32. The molecule has 0 saturated heterocycles. The van der Waals surface area contributed by atoms with Gasteiger partial charge in [0.25, 0.3) is 5.56 Å². The van der Waals surface area contributed by atoms with Crippen LogP contribution in [0.25, 0.3) is 0 Å². The zero-order valence-electron chi connectivity index (χ0n) is 16.9. The number of H-pyrrole nitrogens is 1. The van der Waals surface area contributed by atoms with Gasteiger partial charge in [0.05, 0.1) is 18.0 Å². The highest BCUT2D eigenvalue weighted by Crippen LogP contribution is 2.26. The second kappa shape index (κ2) is 9.82. The Morgan fingerprint density at radius 3 is 2.60 bits per heavy atom. The van der Waals surface area contributed by atoms with Gasteiger partial charge in [-0.15, -0.1) is 0 Å². The molecule has 8 heteroatoms. The van der Waals surface area contributed by atoms with Crippen LogP contribution in [-0.2, 0) is 11.2 Å². The topological polar surface area (TPSA) is 84.1 Å². The van der Waals surface area contributed by atoms with Crippen LogP contribution in [0.1, 0.15) is 23.7 Å². The summed E-state index contributed by atoms with van der Waals surface area (Å²) >= 11 is 7.11. The Balaban J connectivity index is 1.71. The lowest BCUT2D eigenvalue weighted by Gasteiger charge is -2.14. The summed E-state index contributed by atoms with van der Waals surface area (Å²) in [6, 6.07) is 14.5. The van der Waals surface area contributed by atoms with Crippen LogP contribution in [0.3, 0.4) is 0 Å². The number of aromatic nitrogens is 2. The molecule has 1 atom stereocenters. The minimum Gasteiger partial charge on any atom is -0.495 e. The fraction of sp³-hybridized carbons (Fsp3) is 0.227. The average molecular weight is 444 g/mol. The number of para-hydroxylation sites is 2. The summed E-state index contributed by atoms with van der Waals surface area (Å²) in [6.07, 6.45) is 0.458. The number of ether oxygens (including phenoxy) is 1. The number of rotatable bonds is 7. The molecule has 0 aliphatic rings. The predicted molar refractivity (Wildman–Crippen MR) is 121 cm³/mol. The summed E-state index contributed by atoms with van der Waals surface area (Å²) in [6.45, 7) is 3.55. The molecule has 3 aromatic rings. The summed E-state index contributed by atoms with van der Waals surface area (Å²) in [5.41, 5.74) is 2.58. The Bertz CT molecular complexity index is 1100. The number of anilines is 1. The number of thioether (sulfide) groups is 1. The van der Waals surface area contributed by atoms with Crippen LogP contribution in [-0.4, -0.2) is 28.2 Å². The lowest BCUT2D eigenvalue weighted by molar-refractivity contribution is -0.115. The highest BCUT2D eigenvalue weighted by Gasteiger charge is 2.18. The maximum absolute atomic E-state index is 12.6. The monoisotopic (exact) mass is 443 g/mol. The first-order chi connectivity index (χ1) is 14.4. The third kappa shape index (κ3) is 5.43. The van der Waals surface area contributed by atoms with Crippen molar-refractivity contribution in [3.05, 3.63) is 80.7 Å². The number of hydrogen-bond acceptors (Lipinski definition) is 5. The van der Waals surface area contributed by atoms with Gasteiger partial charge in [-0.1, -0.05) is 47.6 Å². The molecule has 0 aliphatic heterocycles. The Kier molecular flexibility index (Phi) is 7.18.